The molecule has 0 radical (unpaired) electrons. The Labute approximate surface area is 174 Å². The van der Waals surface area contributed by atoms with E-state index in [9.17, 15) is 4.57 Å². The van der Waals surface area contributed by atoms with E-state index in [4.69, 9.17) is 0 Å². The first-order chi connectivity index (χ1) is 13.8. The van der Waals surface area contributed by atoms with Gasteiger partial charge in [-0.1, -0.05) is 19.1 Å². The van der Waals surface area contributed by atoms with Crippen LogP contribution in [0.3, 0.4) is 0 Å². The van der Waals surface area contributed by atoms with Crippen LogP contribution in [0, 0.1) is 11.8 Å². The largest absolute Gasteiger partial charge is 0.370 e. The zero-order valence-electron chi connectivity index (χ0n) is 17.8. The van der Waals surface area contributed by atoms with Crippen LogP contribution in [0.25, 0.3) is 0 Å². The summed E-state index contributed by atoms with van der Waals surface area (Å²) >= 11 is 0. The van der Waals surface area contributed by atoms with Crippen molar-refractivity contribution in [1.82, 2.24) is 9.97 Å². The van der Waals surface area contributed by atoms with Crippen molar-refractivity contribution in [2.75, 3.05) is 30.5 Å². The van der Waals surface area contributed by atoms with Crippen LogP contribution in [0.15, 0.2) is 48.8 Å². The van der Waals surface area contributed by atoms with Crippen LogP contribution < -0.4 is 15.9 Å². The summed E-state index contributed by atoms with van der Waals surface area (Å²) in [5.41, 5.74) is 2.33. The third-order valence-electron chi connectivity index (χ3n) is 5.47. The van der Waals surface area contributed by atoms with Crippen LogP contribution in [-0.4, -0.2) is 29.8 Å². The molecule has 1 saturated carbocycles. The number of aromatic nitrogens is 2. The van der Waals surface area contributed by atoms with Gasteiger partial charge < -0.3 is 15.2 Å². The van der Waals surface area contributed by atoms with Gasteiger partial charge in [-0.3, -0.25) is 0 Å². The minimum absolute atomic E-state index is 0.740. The predicted octanol–water partition coefficient (Wildman–Crippen LogP) is 5.65. The van der Waals surface area contributed by atoms with E-state index in [0.717, 1.165) is 47.4 Å². The summed E-state index contributed by atoms with van der Waals surface area (Å²) in [5, 5.41) is 7.57. The monoisotopic (exact) mass is 412 g/mol. The number of nitrogens with zero attached hydrogens (tertiary/aromatic N) is 2. The summed E-state index contributed by atoms with van der Waals surface area (Å²) in [6.45, 7) is 11.0. The van der Waals surface area contributed by atoms with Gasteiger partial charge in [0.15, 0.2) is 0 Å². The number of hydrogen-bond acceptors (Lipinski definition) is 5. The molecule has 2 unspecified atom stereocenters. The molecule has 2 atom stereocenters. The maximum Gasteiger partial charge on any atom is 0.135 e. The smallest absolute Gasteiger partial charge is 0.135 e. The quantitative estimate of drug-likeness (QED) is 0.333. The summed E-state index contributed by atoms with van der Waals surface area (Å²) in [7, 11) is -2.23. The number of allylic oxidation sites excluding steroid dienone is 1. The Bertz CT molecular complexity index is 875. The van der Waals surface area contributed by atoms with Gasteiger partial charge in [-0.15, -0.1) is 0 Å². The van der Waals surface area contributed by atoms with Gasteiger partial charge in [0.05, 0.1) is 0 Å². The van der Waals surface area contributed by atoms with Crippen molar-refractivity contribution in [3.05, 3.63) is 48.8 Å². The minimum atomic E-state index is -2.23. The van der Waals surface area contributed by atoms with E-state index < -0.39 is 7.14 Å². The van der Waals surface area contributed by atoms with Crippen LogP contribution in [0.2, 0.25) is 0 Å². The van der Waals surface area contributed by atoms with E-state index in [-0.39, 0.29) is 0 Å². The second-order valence-corrected chi connectivity index (χ2v) is 12.0. The van der Waals surface area contributed by atoms with Gasteiger partial charge >= 0.3 is 0 Å². The molecule has 2 N–H and O–H groups in total. The standard InChI is InChI=1S/C23H33N4OP/c1-17-12-18(2)14-19(13-17)6-5-11-24-22-15-23(26-16-25-22)27-20-7-9-21(10-8-20)29(3,4)28/h7-10,15-16,18-19H,1,5-6,11-14H2,2-4H3,(H2,24,25,26,27). The van der Waals surface area contributed by atoms with Gasteiger partial charge in [0, 0.05) is 23.6 Å². The Morgan fingerprint density at radius 1 is 1.14 bits per heavy atom. The van der Waals surface area contributed by atoms with Crippen molar-refractivity contribution in [3.63, 3.8) is 0 Å². The van der Waals surface area contributed by atoms with E-state index in [0.29, 0.717) is 0 Å². The van der Waals surface area contributed by atoms with Gasteiger partial charge in [-0.05, 0) is 81.5 Å². The zero-order chi connectivity index (χ0) is 20.9. The van der Waals surface area contributed by atoms with Crippen LogP contribution >= 0.6 is 7.14 Å². The van der Waals surface area contributed by atoms with Crippen molar-refractivity contribution in [3.8, 4) is 0 Å². The molecule has 156 valence electrons. The molecule has 3 rings (SSSR count). The van der Waals surface area contributed by atoms with E-state index in [1.807, 2.05) is 30.3 Å². The van der Waals surface area contributed by atoms with Crippen molar-refractivity contribution >= 4 is 29.8 Å². The van der Waals surface area contributed by atoms with E-state index in [1.54, 1.807) is 19.7 Å². The first kappa shape index (κ1) is 21.6. The van der Waals surface area contributed by atoms with Gasteiger partial charge in [0.25, 0.3) is 0 Å². The van der Waals surface area contributed by atoms with E-state index in [1.165, 1.54) is 31.3 Å². The van der Waals surface area contributed by atoms with Crippen molar-refractivity contribution in [2.24, 2.45) is 11.8 Å². The highest BCUT2D eigenvalue weighted by Gasteiger charge is 2.20. The molecule has 1 heterocycles. The minimum Gasteiger partial charge on any atom is -0.370 e. The third-order valence-corrected chi connectivity index (χ3v) is 7.02. The van der Waals surface area contributed by atoms with E-state index >= 15 is 0 Å². The molecule has 2 aromatic rings. The highest BCUT2D eigenvalue weighted by Crippen LogP contribution is 2.35. The zero-order valence-corrected chi connectivity index (χ0v) is 18.7. The summed E-state index contributed by atoms with van der Waals surface area (Å²) < 4.78 is 12.1. The highest BCUT2D eigenvalue weighted by molar-refractivity contribution is 7.70. The van der Waals surface area contributed by atoms with Crippen molar-refractivity contribution in [2.45, 2.75) is 39.0 Å². The Morgan fingerprint density at radius 2 is 1.86 bits per heavy atom. The molecule has 1 fully saturated rings. The van der Waals surface area contributed by atoms with Crippen LogP contribution in [0.1, 0.15) is 39.0 Å². The Balaban J connectivity index is 1.48. The number of benzene rings is 1. The molecule has 1 aromatic carbocycles. The van der Waals surface area contributed by atoms with Gasteiger partial charge in [-0.25, -0.2) is 9.97 Å². The molecule has 0 amide bonds. The fraction of sp³-hybridized carbons (Fsp3) is 0.478. The van der Waals surface area contributed by atoms with Crippen molar-refractivity contribution in [1.29, 1.82) is 0 Å². The topological polar surface area (TPSA) is 66.9 Å². The SMILES string of the molecule is C=C1CC(C)CC(CCCNc2cc(Nc3ccc(P(C)(C)=O)cc3)ncn2)C1. The Hall–Kier alpha value is -2.13. The lowest BCUT2D eigenvalue weighted by molar-refractivity contribution is 0.317. The molecule has 0 aliphatic heterocycles. The first-order valence-corrected chi connectivity index (χ1v) is 13.0. The van der Waals surface area contributed by atoms with Gasteiger partial charge in [-0.2, -0.15) is 0 Å². The molecular weight excluding hydrogens is 379 g/mol. The normalized spacial score (nSPS) is 19.8. The third kappa shape index (κ3) is 6.71. The molecular formula is C23H33N4OP. The maximum absolute atomic E-state index is 12.1. The average molecular weight is 413 g/mol. The summed E-state index contributed by atoms with van der Waals surface area (Å²) in [4.78, 5) is 8.62. The number of anilines is 3. The number of rotatable bonds is 8. The average Bonchev–Trinajstić information content (AvgIpc) is 2.65. The van der Waals surface area contributed by atoms with Crippen LogP contribution in [-0.2, 0) is 4.57 Å². The lowest BCUT2D eigenvalue weighted by Crippen LogP contribution is -2.16. The number of nitrogens with one attached hydrogen (secondary N) is 2. The maximum atomic E-state index is 12.1. The molecule has 1 aliphatic carbocycles. The van der Waals surface area contributed by atoms with Gasteiger partial charge in [0.1, 0.15) is 25.1 Å². The Kier molecular flexibility index (Phi) is 7.13. The fourth-order valence-electron chi connectivity index (χ4n) is 4.12. The van der Waals surface area contributed by atoms with Crippen LogP contribution in [0.5, 0.6) is 0 Å². The Morgan fingerprint density at radius 3 is 2.55 bits per heavy atom. The predicted molar refractivity (Wildman–Crippen MR) is 124 cm³/mol. The molecule has 0 bridgehead atoms. The number of hydrogen-bond donors (Lipinski definition) is 2. The van der Waals surface area contributed by atoms with Crippen LogP contribution in [0.4, 0.5) is 17.3 Å². The summed E-state index contributed by atoms with van der Waals surface area (Å²) in [6, 6.07) is 9.60. The van der Waals surface area contributed by atoms with Gasteiger partial charge in [0.2, 0.25) is 0 Å². The molecule has 0 spiro atoms. The summed E-state index contributed by atoms with van der Waals surface area (Å²) in [5.74, 6) is 3.12. The summed E-state index contributed by atoms with van der Waals surface area (Å²) in [6.07, 6.45) is 7.65. The molecule has 6 heteroatoms. The molecule has 29 heavy (non-hydrogen) atoms. The highest BCUT2D eigenvalue weighted by atomic mass is 31.2. The molecule has 5 nitrogen and oxygen atoms in total. The first-order valence-electron chi connectivity index (χ1n) is 10.4. The molecule has 0 saturated heterocycles. The second kappa shape index (κ2) is 9.58. The molecule has 1 aliphatic rings. The molecule has 1 aromatic heterocycles. The van der Waals surface area contributed by atoms with E-state index in [2.05, 4.69) is 34.1 Å². The fourth-order valence-corrected chi connectivity index (χ4v) is 4.99. The lowest BCUT2D eigenvalue weighted by atomic mass is 9.78. The lowest BCUT2D eigenvalue weighted by Gasteiger charge is -2.28. The van der Waals surface area contributed by atoms with Crippen molar-refractivity contribution < 1.29 is 4.57 Å². The second-order valence-electron chi connectivity index (χ2n) is 8.75.